The van der Waals surface area contributed by atoms with Crippen LogP contribution in [0.15, 0.2) is 24.3 Å². The minimum Gasteiger partial charge on any atom is -0.423 e. The first kappa shape index (κ1) is 16.1. The molecular formula is C13H21BO5. The molecular weight excluding hydrogens is 247 g/mol. The lowest BCUT2D eigenvalue weighted by Gasteiger charge is -2.07. The largest absolute Gasteiger partial charge is 0.488 e. The van der Waals surface area contributed by atoms with Crippen molar-refractivity contribution < 1.29 is 24.3 Å². The van der Waals surface area contributed by atoms with Crippen LogP contribution in [0.3, 0.4) is 0 Å². The van der Waals surface area contributed by atoms with Crippen LogP contribution in [0, 0.1) is 0 Å². The Morgan fingerprint density at radius 2 is 1.84 bits per heavy atom. The molecule has 0 radical (unpaired) electrons. The molecule has 5 nitrogen and oxygen atoms in total. The van der Waals surface area contributed by atoms with E-state index in [1.165, 1.54) is 0 Å². The van der Waals surface area contributed by atoms with Gasteiger partial charge in [0.1, 0.15) is 0 Å². The van der Waals surface area contributed by atoms with E-state index in [0.717, 1.165) is 12.0 Å². The molecule has 6 heteroatoms. The van der Waals surface area contributed by atoms with E-state index >= 15 is 0 Å². The summed E-state index contributed by atoms with van der Waals surface area (Å²) < 4.78 is 15.7. The summed E-state index contributed by atoms with van der Waals surface area (Å²) in [7, 11) is 0.207. The van der Waals surface area contributed by atoms with E-state index in [4.69, 9.17) is 24.3 Å². The highest BCUT2D eigenvalue weighted by molar-refractivity contribution is 6.58. The third-order valence-electron chi connectivity index (χ3n) is 2.53. The van der Waals surface area contributed by atoms with E-state index in [-0.39, 0.29) is 0 Å². The summed E-state index contributed by atoms with van der Waals surface area (Å²) in [5.74, 6) is 0. The third kappa shape index (κ3) is 7.30. The van der Waals surface area contributed by atoms with Crippen LogP contribution in [0.1, 0.15) is 12.0 Å². The summed E-state index contributed by atoms with van der Waals surface area (Å²) in [6.07, 6.45) is 0.825. The number of benzene rings is 1. The van der Waals surface area contributed by atoms with Gasteiger partial charge in [0.05, 0.1) is 19.8 Å². The fourth-order valence-corrected chi connectivity index (χ4v) is 1.54. The normalized spacial score (nSPS) is 10.7. The van der Waals surface area contributed by atoms with E-state index in [2.05, 4.69) is 0 Å². The number of methoxy groups -OCH3 is 1. The van der Waals surface area contributed by atoms with Crippen LogP contribution >= 0.6 is 0 Å². The van der Waals surface area contributed by atoms with Gasteiger partial charge in [-0.05, 0) is 17.4 Å². The lowest BCUT2D eigenvalue weighted by Crippen LogP contribution is -2.29. The van der Waals surface area contributed by atoms with E-state index in [0.29, 0.717) is 38.5 Å². The molecule has 0 amide bonds. The highest BCUT2D eigenvalue weighted by Crippen LogP contribution is 2.00. The van der Waals surface area contributed by atoms with Gasteiger partial charge in [-0.3, -0.25) is 0 Å². The first-order valence-corrected chi connectivity index (χ1v) is 6.33. The van der Waals surface area contributed by atoms with Crippen LogP contribution in [0.25, 0.3) is 0 Å². The molecule has 0 spiro atoms. The van der Waals surface area contributed by atoms with Crippen molar-refractivity contribution in [2.24, 2.45) is 0 Å². The van der Waals surface area contributed by atoms with Crippen molar-refractivity contribution in [3.05, 3.63) is 29.8 Å². The van der Waals surface area contributed by atoms with Gasteiger partial charge in [-0.2, -0.15) is 0 Å². The van der Waals surface area contributed by atoms with Crippen molar-refractivity contribution >= 4 is 12.6 Å². The molecule has 0 aromatic heterocycles. The van der Waals surface area contributed by atoms with Gasteiger partial charge in [0, 0.05) is 20.3 Å². The zero-order valence-corrected chi connectivity index (χ0v) is 11.2. The maximum Gasteiger partial charge on any atom is 0.488 e. The molecule has 0 heterocycles. The van der Waals surface area contributed by atoms with Crippen molar-refractivity contribution in [2.45, 2.75) is 13.0 Å². The number of hydrogen-bond acceptors (Lipinski definition) is 5. The molecule has 0 bridgehead atoms. The predicted molar refractivity (Wildman–Crippen MR) is 73.2 cm³/mol. The molecule has 1 aromatic rings. The SMILES string of the molecule is COCCOCCCOCc1cccc(B(O)O)c1. The summed E-state index contributed by atoms with van der Waals surface area (Å²) in [4.78, 5) is 0. The molecule has 0 aliphatic carbocycles. The van der Waals surface area contributed by atoms with Crippen LogP contribution < -0.4 is 5.46 Å². The van der Waals surface area contributed by atoms with E-state index in [1.54, 1.807) is 25.3 Å². The zero-order valence-electron chi connectivity index (χ0n) is 11.2. The van der Waals surface area contributed by atoms with Gasteiger partial charge in [0.25, 0.3) is 0 Å². The molecule has 0 fully saturated rings. The highest BCUT2D eigenvalue weighted by atomic mass is 16.5. The number of ether oxygens (including phenoxy) is 3. The summed E-state index contributed by atoms with van der Waals surface area (Å²) in [6, 6.07) is 7.06. The minimum atomic E-state index is -1.44. The second kappa shape index (κ2) is 9.94. The van der Waals surface area contributed by atoms with Gasteiger partial charge < -0.3 is 24.3 Å². The Morgan fingerprint density at radius 3 is 2.58 bits per heavy atom. The van der Waals surface area contributed by atoms with E-state index in [9.17, 15) is 0 Å². The van der Waals surface area contributed by atoms with Gasteiger partial charge in [-0.25, -0.2) is 0 Å². The average molecular weight is 268 g/mol. The first-order valence-electron chi connectivity index (χ1n) is 6.33. The molecule has 106 valence electrons. The van der Waals surface area contributed by atoms with Crippen molar-refractivity contribution in [1.29, 1.82) is 0 Å². The van der Waals surface area contributed by atoms with Crippen molar-refractivity contribution in [1.82, 2.24) is 0 Å². The van der Waals surface area contributed by atoms with Gasteiger partial charge >= 0.3 is 7.12 Å². The lowest BCUT2D eigenvalue weighted by molar-refractivity contribution is 0.0483. The summed E-state index contributed by atoms with van der Waals surface area (Å²) >= 11 is 0. The van der Waals surface area contributed by atoms with Crippen LogP contribution in [-0.2, 0) is 20.8 Å². The molecule has 0 saturated carbocycles. The van der Waals surface area contributed by atoms with Crippen LogP contribution in [0.2, 0.25) is 0 Å². The summed E-state index contributed by atoms with van der Waals surface area (Å²) in [5, 5.41) is 18.1. The van der Waals surface area contributed by atoms with E-state index < -0.39 is 7.12 Å². The Bertz CT molecular complexity index is 346. The molecule has 1 rings (SSSR count). The molecule has 0 unspecified atom stereocenters. The van der Waals surface area contributed by atoms with Gasteiger partial charge in [-0.1, -0.05) is 24.3 Å². The van der Waals surface area contributed by atoms with Crippen LogP contribution in [-0.4, -0.2) is 50.7 Å². The quantitative estimate of drug-likeness (QED) is 0.459. The van der Waals surface area contributed by atoms with Crippen LogP contribution in [0.5, 0.6) is 0 Å². The van der Waals surface area contributed by atoms with E-state index in [1.807, 2.05) is 6.07 Å². The Labute approximate surface area is 114 Å². The molecule has 0 aliphatic heterocycles. The third-order valence-corrected chi connectivity index (χ3v) is 2.53. The Hall–Kier alpha value is -0.915. The van der Waals surface area contributed by atoms with Crippen molar-refractivity contribution in [2.75, 3.05) is 33.5 Å². The Balaban J connectivity index is 2.10. The number of rotatable bonds is 10. The second-order valence-electron chi connectivity index (χ2n) is 4.13. The van der Waals surface area contributed by atoms with Crippen molar-refractivity contribution in [3.63, 3.8) is 0 Å². The molecule has 2 N–H and O–H groups in total. The maximum absolute atomic E-state index is 9.05. The Kier molecular flexibility index (Phi) is 8.45. The average Bonchev–Trinajstić information content (AvgIpc) is 2.42. The zero-order chi connectivity index (χ0) is 13.9. The summed E-state index contributed by atoms with van der Waals surface area (Å²) in [6.45, 7) is 2.93. The monoisotopic (exact) mass is 268 g/mol. The maximum atomic E-state index is 9.05. The highest BCUT2D eigenvalue weighted by Gasteiger charge is 2.10. The Morgan fingerprint density at radius 1 is 1.05 bits per heavy atom. The fourth-order valence-electron chi connectivity index (χ4n) is 1.54. The lowest BCUT2D eigenvalue weighted by atomic mass is 9.80. The molecule has 1 aromatic carbocycles. The van der Waals surface area contributed by atoms with Gasteiger partial charge in [0.2, 0.25) is 0 Å². The summed E-state index contributed by atoms with van der Waals surface area (Å²) in [5.41, 5.74) is 1.40. The minimum absolute atomic E-state index is 0.457. The van der Waals surface area contributed by atoms with Crippen LogP contribution in [0.4, 0.5) is 0 Å². The fraction of sp³-hybridized carbons (Fsp3) is 0.538. The number of hydrogen-bond donors (Lipinski definition) is 2. The molecule has 0 atom stereocenters. The van der Waals surface area contributed by atoms with Gasteiger partial charge in [0.15, 0.2) is 0 Å². The molecule has 19 heavy (non-hydrogen) atoms. The standard InChI is InChI=1S/C13H21BO5/c1-17-8-9-18-6-3-7-19-11-12-4-2-5-13(10-12)14(15)16/h2,4-5,10,15-16H,3,6-9,11H2,1H3. The predicted octanol–water partition coefficient (Wildman–Crippen LogP) is -0.0639. The second-order valence-corrected chi connectivity index (χ2v) is 4.13. The van der Waals surface area contributed by atoms with Crippen molar-refractivity contribution in [3.8, 4) is 0 Å². The smallest absolute Gasteiger partial charge is 0.423 e. The molecule has 0 aliphatic rings. The first-order chi connectivity index (χ1) is 9.24. The molecule has 0 saturated heterocycles. The topological polar surface area (TPSA) is 68.2 Å². The van der Waals surface area contributed by atoms with Gasteiger partial charge in [-0.15, -0.1) is 0 Å².